The van der Waals surface area contributed by atoms with E-state index >= 15 is 0 Å². The van der Waals surface area contributed by atoms with Gasteiger partial charge in [-0.25, -0.2) is 4.98 Å². The van der Waals surface area contributed by atoms with Crippen LogP contribution in [0, 0.1) is 0 Å². The molecule has 6 rings (SSSR count). The Hall–Kier alpha value is -4.83. The number of H-pyrrole nitrogens is 2. The van der Waals surface area contributed by atoms with Crippen molar-refractivity contribution in [1.29, 1.82) is 0 Å². The van der Waals surface area contributed by atoms with Crippen LogP contribution in [-0.4, -0.2) is 61.6 Å². The number of nitrogens with zero attached hydrogens (tertiary/aromatic N) is 5. The number of carbonyl (C=O) groups excluding carboxylic acids is 1. The highest BCUT2D eigenvalue weighted by Crippen LogP contribution is 2.33. The number of amides is 1. The molecule has 0 radical (unpaired) electrons. The van der Waals surface area contributed by atoms with Crippen LogP contribution in [-0.2, 0) is 4.79 Å². The minimum absolute atomic E-state index is 0.109. The largest absolute Gasteiger partial charge is 0.472 e. The van der Waals surface area contributed by atoms with Crippen molar-refractivity contribution in [3.05, 3.63) is 67.6 Å². The maximum atomic E-state index is 12.2. The zero-order chi connectivity index (χ0) is 24.6. The van der Waals surface area contributed by atoms with E-state index in [9.17, 15) is 4.79 Å². The van der Waals surface area contributed by atoms with E-state index in [1.54, 1.807) is 36.0 Å². The van der Waals surface area contributed by atoms with E-state index in [0.717, 1.165) is 50.0 Å². The van der Waals surface area contributed by atoms with Crippen molar-refractivity contribution in [3.63, 3.8) is 0 Å². The number of likely N-dealkylation sites (N-methyl/N-ethyl adjacent to an activating group) is 1. The number of nitrogens with one attached hydrogen (secondary N) is 3. The number of anilines is 1. The molecule has 0 aliphatic heterocycles. The Labute approximate surface area is 205 Å². The van der Waals surface area contributed by atoms with Gasteiger partial charge in [-0.3, -0.25) is 19.9 Å². The molecule has 0 saturated carbocycles. The number of carbonyl (C=O) groups is 1. The SMILES string of the molecule is CN(C)CC(=O)Nc1cncc(-c2ccc3[nH]nc(-c4cc5c(-c6ccoc6)cncc5[nH]4)c3n2)c1. The summed E-state index contributed by atoms with van der Waals surface area (Å²) in [5.41, 5.74) is 7.99. The summed E-state index contributed by atoms with van der Waals surface area (Å²) in [7, 11) is 3.69. The van der Waals surface area contributed by atoms with Crippen LogP contribution in [0.15, 0.2) is 72.1 Å². The maximum absolute atomic E-state index is 12.2. The van der Waals surface area contributed by atoms with Crippen molar-refractivity contribution in [2.45, 2.75) is 0 Å². The molecular weight excluding hydrogens is 456 g/mol. The van der Waals surface area contributed by atoms with E-state index in [1.807, 2.05) is 50.6 Å². The first kappa shape index (κ1) is 21.7. The first-order valence-electron chi connectivity index (χ1n) is 11.3. The molecule has 6 aromatic heterocycles. The number of rotatable bonds is 6. The van der Waals surface area contributed by atoms with Crippen LogP contribution in [0.25, 0.3) is 55.7 Å². The molecule has 3 N–H and O–H groups in total. The third kappa shape index (κ3) is 3.99. The number of hydrogen-bond acceptors (Lipinski definition) is 7. The lowest BCUT2D eigenvalue weighted by Crippen LogP contribution is -2.27. The summed E-state index contributed by atoms with van der Waals surface area (Å²) in [6, 6.07) is 9.66. The summed E-state index contributed by atoms with van der Waals surface area (Å²) < 4.78 is 5.26. The van der Waals surface area contributed by atoms with Crippen molar-refractivity contribution in [3.8, 4) is 33.8 Å². The fourth-order valence-electron chi connectivity index (χ4n) is 4.21. The summed E-state index contributed by atoms with van der Waals surface area (Å²) in [5.74, 6) is -0.109. The van der Waals surface area contributed by atoms with Gasteiger partial charge in [-0.2, -0.15) is 5.10 Å². The van der Waals surface area contributed by atoms with Crippen LogP contribution < -0.4 is 5.32 Å². The predicted molar refractivity (Wildman–Crippen MR) is 137 cm³/mol. The number of aromatic amines is 2. The fourth-order valence-corrected chi connectivity index (χ4v) is 4.21. The lowest BCUT2D eigenvalue weighted by atomic mass is 10.1. The van der Waals surface area contributed by atoms with Crippen LogP contribution in [0.2, 0.25) is 0 Å². The minimum atomic E-state index is -0.109. The Morgan fingerprint density at radius 3 is 2.75 bits per heavy atom. The van der Waals surface area contributed by atoms with Gasteiger partial charge >= 0.3 is 0 Å². The van der Waals surface area contributed by atoms with E-state index in [-0.39, 0.29) is 12.5 Å². The second kappa shape index (κ2) is 8.75. The van der Waals surface area contributed by atoms with Gasteiger partial charge in [0.1, 0.15) is 11.2 Å². The van der Waals surface area contributed by atoms with E-state index in [4.69, 9.17) is 9.40 Å². The highest BCUT2D eigenvalue weighted by atomic mass is 16.3. The first-order chi connectivity index (χ1) is 17.5. The highest BCUT2D eigenvalue weighted by molar-refractivity contribution is 6.00. The van der Waals surface area contributed by atoms with Gasteiger partial charge in [0, 0.05) is 34.5 Å². The van der Waals surface area contributed by atoms with E-state index in [0.29, 0.717) is 11.4 Å². The fraction of sp³-hybridized carbons (Fsp3) is 0.115. The molecule has 0 aliphatic rings. The van der Waals surface area contributed by atoms with Crippen molar-refractivity contribution in [1.82, 2.24) is 35.0 Å². The molecular formula is C26H22N8O2. The quantitative estimate of drug-likeness (QED) is 0.325. The van der Waals surface area contributed by atoms with Gasteiger partial charge in [0.25, 0.3) is 0 Å². The molecule has 36 heavy (non-hydrogen) atoms. The molecule has 1 amide bonds. The summed E-state index contributed by atoms with van der Waals surface area (Å²) in [6.45, 7) is 0.287. The van der Waals surface area contributed by atoms with Crippen LogP contribution in [0.1, 0.15) is 0 Å². The predicted octanol–water partition coefficient (Wildman–Crippen LogP) is 4.32. The number of hydrogen-bond donors (Lipinski definition) is 3. The standard InChI is InChI=1S/C26H22N8O2/c1-34(2)13-24(35)29-17-7-16(9-27-10-17)20-3-4-21-25(31-20)26(33-32-21)22-8-18-19(15-5-6-36-14-15)11-28-12-23(18)30-22/h3-12,14,30H,13H2,1-2H3,(H,29,35)(H,32,33). The molecule has 10 heteroatoms. The van der Waals surface area contributed by atoms with E-state index < -0.39 is 0 Å². The number of furan rings is 1. The average Bonchev–Trinajstić information content (AvgIpc) is 3.62. The molecule has 0 atom stereocenters. The van der Waals surface area contributed by atoms with Gasteiger partial charge in [0.2, 0.25) is 5.91 Å². The van der Waals surface area contributed by atoms with Gasteiger partial charge in [-0.15, -0.1) is 0 Å². The van der Waals surface area contributed by atoms with Gasteiger partial charge in [0.05, 0.1) is 59.6 Å². The second-order valence-corrected chi connectivity index (χ2v) is 8.76. The topological polar surface area (TPSA) is 129 Å². The molecule has 0 bridgehead atoms. The summed E-state index contributed by atoms with van der Waals surface area (Å²) in [4.78, 5) is 30.9. The van der Waals surface area contributed by atoms with Gasteiger partial charge in [-0.1, -0.05) is 0 Å². The maximum Gasteiger partial charge on any atom is 0.238 e. The molecule has 0 aliphatic carbocycles. The molecule has 6 heterocycles. The van der Waals surface area contributed by atoms with Crippen LogP contribution >= 0.6 is 0 Å². The zero-order valence-electron chi connectivity index (χ0n) is 19.6. The van der Waals surface area contributed by atoms with Crippen LogP contribution in [0.4, 0.5) is 5.69 Å². The minimum Gasteiger partial charge on any atom is -0.472 e. The first-order valence-corrected chi connectivity index (χ1v) is 11.3. The number of fused-ring (bicyclic) bond motifs is 2. The average molecular weight is 479 g/mol. The monoisotopic (exact) mass is 478 g/mol. The van der Waals surface area contributed by atoms with Crippen LogP contribution in [0.3, 0.4) is 0 Å². The summed E-state index contributed by atoms with van der Waals surface area (Å²) >= 11 is 0. The lowest BCUT2D eigenvalue weighted by Gasteiger charge is -2.10. The molecule has 0 fully saturated rings. The third-order valence-corrected chi connectivity index (χ3v) is 5.82. The molecule has 0 spiro atoms. The van der Waals surface area contributed by atoms with Crippen LogP contribution in [0.5, 0.6) is 0 Å². The van der Waals surface area contributed by atoms with Crippen molar-refractivity contribution >= 4 is 33.5 Å². The summed E-state index contributed by atoms with van der Waals surface area (Å²) in [6.07, 6.45) is 10.3. The molecule has 6 aromatic rings. The number of pyridine rings is 3. The number of aromatic nitrogens is 6. The summed E-state index contributed by atoms with van der Waals surface area (Å²) in [5, 5.41) is 11.5. The Morgan fingerprint density at radius 1 is 1.03 bits per heavy atom. The molecule has 0 aromatic carbocycles. The highest BCUT2D eigenvalue weighted by Gasteiger charge is 2.16. The third-order valence-electron chi connectivity index (χ3n) is 5.82. The molecule has 10 nitrogen and oxygen atoms in total. The Kier molecular flexibility index (Phi) is 5.27. The van der Waals surface area contributed by atoms with Crippen molar-refractivity contribution in [2.75, 3.05) is 26.0 Å². The van der Waals surface area contributed by atoms with Gasteiger partial charge in [0.15, 0.2) is 0 Å². The zero-order valence-corrected chi connectivity index (χ0v) is 19.6. The lowest BCUT2D eigenvalue weighted by molar-refractivity contribution is -0.116. The normalized spacial score (nSPS) is 11.5. The van der Waals surface area contributed by atoms with E-state index in [1.165, 1.54) is 0 Å². The Bertz CT molecular complexity index is 1700. The second-order valence-electron chi connectivity index (χ2n) is 8.76. The molecule has 178 valence electrons. The molecule has 0 saturated heterocycles. The Balaban J connectivity index is 1.38. The van der Waals surface area contributed by atoms with Gasteiger partial charge in [-0.05, 0) is 44.4 Å². The smallest absolute Gasteiger partial charge is 0.238 e. The van der Waals surface area contributed by atoms with E-state index in [2.05, 4.69) is 30.5 Å². The van der Waals surface area contributed by atoms with Crippen molar-refractivity contribution in [2.24, 2.45) is 0 Å². The van der Waals surface area contributed by atoms with Gasteiger partial charge < -0.3 is 19.6 Å². The van der Waals surface area contributed by atoms with Crippen molar-refractivity contribution < 1.29 is 9.21 Å². The Morgan fingerprint density at radius 2 is 1.92 bits per heavy atom. The molecule has 0 unspecified atom stereocenters.